The lowest BCUT2D eigenvalue weighted by atomic mass is 10.1. The van der Waals surface area contributed by atoms with Crippen molar-refractivity contribution in [2.24, 2.45) is 0 Å². The lowest BCUT2D eigenvalue weighted by Gasteiger charge is -2.19. The molecule has 4 nitrogen and oxygen atoms in total. The predicted molar refractivity (Wildman–Crippen MR) is 71.8 cm³/mol. The molecule has 0 aromatic carbocycles. The van der Waals surface area contributed by atoms with E-state index in [1.54, 1.807) is 0 Å². The van der Waals surface area contributed by atoms with Gasteiger partial charge in [-0.15, -0.1) is 0 Å². The van der Waals surface area contributed by atoms with E-state index in [9.17, 15) is 31.0 Å². The fraction of sp³-hybridized carbons (Fsp3) is 0.538. The molecular formula is C13H14F5NO3S. The second-order valence-electron chi connectivity index (χ2n) is 4.33. The molecule has 0 saturated heterocycles. The number of pyridine rings is 1. The number of alkyl halides is 5. The first-order chi connectivity index (χ1) is 10.6. The van der Waals surface area contributed by atoms with Gasteiger partial charge in [-0.3, -0.25) is 4.21 Å². The summed E-state index contributed by atoms with van der Waals surface area (Å²) in [6.07, 6.45) is -8.50. The Labute approximate surface area is 131 Å². The highest BCUT2D eigenvalue weighted by atomic mass is 32.2. The minimum absolute atomic E-state index is 0.115. The molecule has 1 heterocycles. The van der Waals surface area contributed by atoms with Gasteiger partial charge >= 0.3 is 12.1 Å². The van der Waals surface area contributed by atoms with E-state index in [1.165, 1.54) is 13.8 Å². The van der Waals surface area contributed by atoms with Gasteiger partial charge in [0, 0.05) is 5.75 Å². The summed E-state index contributed by atoms with van der Waals surface area (Å²) >= 11 is 0. The zero-order chi connectivity index (χ0) is 17.9. The van der Waals surface area contributed by atoms with Gasteiger partial charge in [0.1, 0.15) is 5.69 Å². The van der Waals surface area contributed by atoms with Crippen molar-refractivity contribution in [2.45, 2.75) is 38.3 Å². The molecule has 0 saturated carbocycles. The summed E-state index contributed by atoms with van der Waals surface area (Å²) in [5, 5.41) is 0. The lowest BCUT2D eigenvalue weighted by Crippen LogP contribution is -2.22. The molecule has 0 bridgehead atoms. The molecule has 1 atom stereocenters. The molecule has 1 aromatic rings. The van der Waals surface area contributed by atoms with Crippen LogP contribution in [0.2, 0.25) is 0 Å². The largest absolute Gasteiger partial charge is 0.462 e. The molecule has 1 unspecified atom stereocenters. The van der Waals surface area contributed by atoms with Crippen LogP contribution >= 0.6 is 0 Å². The van der Waals surface area contributed by atoms with E-state index >= 15 is 0 Å². The Bertz CT molecular complexity index is 631. The Morgan fingerprint density at radius 3 is 2.26 bits per heavy atom. The molecule has 0 aliphatic rings. The Morgan fingerprint density at radius 1 is 1.30 bits per heavy atom. The molecule has 0 aliphatic carbocycles. The van der Waals surface area contributed by atoms with Gasteiger partial charge in [0.25, 0.3) is 6.43 Å². The highest BCUT2D eigenvalue weighted by Gasteiger charge is 2.41. The number of nitrogens with zero attached hydrogens (tertiary/aromatic N) is 1. The van der Waals surface area contributed by atoms with E-state index in [1.807, 2.05) is 0 Å². The maximum atomic E-state index is 13.1. The number of rotatable bonds is 5. The topological polar surface area (TPSA) is 56.3 Å². The molecule has 1 aromatic heterocycles. The molecule has 0 spiro atoms. The molecule has 1 rings (SSSR count). The van der Waals surface area contributed by atoms with Crippen molar-refractivity contribution in [3.63, 3.8) is 0 Å². The molecule has 0 N–H and O–H groups in total. The van der Waals surface area contributed by atoms with Gasteiger partial charge in [0.15, 0.2) is 5.69 Å². The summed E-state index contributed by atoms with van der Waals surface area (Å²) in [5.74, 6) is -1.46. The van der Waals surface area contributed by atoms with Gasteiger partial charge in [-0.1, -0.05) is 6.92 Å². The average molecular weight is 359 g/mol. The number of hydrogen-bond donors (Lipinski definition) is 0. The smallest absolute Gasteiger partial charge is 0.434 e. The normalized spacial score (nSPS) is 13.3. The Hall–Kier alpha value is -1.58. The number of ether oxygens (including phenoxy) is 1. The Kier molecular flexibility index (Phi) is 6.20. The van der Waals surface area contributed by atoms with E-state index in [-0.39, 0.29) is 12.4 Å². The average Bonchev–Trinajstić information content (AvgIpc) is 2.44. The van der Waals surface area contributed by atoms with Crippen molar-refractivity contribution in [3.05, 3.63) is 22.5 Å². The summed E-state index contributed by atoms with van der Waals surface area (Å²) in [5.41, 5.74) is -4.44. The second kappa shape index (κ2) is 7.33. The summed E-state index contributed by atoms with van der Waals surface area (Å²) in [6.45, 7) is 3.61. The van der Waals surface area contributed by atoms with E-state index in [2.05, 4.69) is 9.72 Å². The van der Waals surface area contributed by atoms with Crippen LogP contribution in [-0.4, -0.2) is 27.5 Å². The highest BCUT2D eigenvalue weighted by molar-refractivity contribution is 7.85. The molecule has 10 heteroatoms. The summed E-state index contributed by atoms with van der Waals surface area (Å²) < 4.78 is 81.9. The zero-order valence-electron chi connectivity index (χ0n) is 12.5. The molecule has 130 valence electrons. The Morgan fingerprint density at radius 2 is 1.87 bits per heavy atom. The monoisotopic (exact) mass is 359 g/mol. The summed E-state index contributed by atoms with van der Waals surface area (Å²) in [7, 11) is -2.02. The molecule has 0 amide bonds. The summed E-state index contributed by atoms with van der Waals surface area (Å²) in [6, 6.07) is 0. The number of halogens is 5. The van der Waals surface area contributed by atoms with Crippen molar-refractivity contribution >= 4 is 16.8 Å². The van der Waals surface area contributed by atoms with Crippen LogP contribution in [0.4, 0.5) is 22.0 Å². The third-order valence-corrected chi connectivity index (χ3v) is 4.36. The van der Waals surface area contributed by atoms with Gasteiger partial charge in [-0.2, -0.15) is 13.2 Å². The van der Waals surface area contributed by atoms with Crippen LogP contribution in [0, 0.1) is 6.92 Å². The van der Waals surface area contributed by atoms with Gasteiger partial charge in [-0.05, 0) is 19.4 Å². The van der Waals surface area contributed by atoms with Crippen molar-refractivity contribution in [3.8, 4) is 0 Å². The number of carbonyl (C=O) groups excluding carboxylic acids is 1. The first kappa shape index (κ1) is 19.5. The lowest BCUT2D eigenvalue weighted by molar-refractivity contribution is -0.142. The fourth-order valence-corrected chi connectivity index (χ4v) is 3.05. The van der Waals surface area contributed by atoms with E-state index in [4.69, 9.17) is 0 Å². The van der Waals surface area contributed by atoms with Crippen molar-refractivity contribution < 1.29 is 35.7 Å². The molecular weight excluding hydrogens is 345 g/mol. The Balaban J connectivity index is 3.85. The van der Waals surface area contributed by atoms with Gasteiger partial charge in [0.05, 0.1) is 27.9 Å². The van der Waals surface area contributed by atoms with Crippen molar-refractivity contribution in [2.75, 3.05) is 12.4 Å². The molecule has 0 aliphatic heterocycles. The van der Waals surface area contributed by atoms with Gasteiger partial charge in [-0.25, -0.2) is 18.6 Å². The van der Waals surface area contributed by atoms with Gasteiger partial charge < -0.3 is 4.74 Å². The predicted octanol–water partition coefficient (Wildman–Crippen LogP) is 3.65. The highest BCUT2D eigenvalue weighted by Crippen LogP contribution is 2.37. The summed E-state index contributed by atoms with van der Waals surface area (Å²) in [4.78, 5) is 14.2. The van der Waals surface area contributed by atoms with Crippen LogP contribution in [0.3, 0.4) is 0 Å². The maximum absolute atomic E-state index is 13.1. The van der Waals surface area contributed by atoms with Crippen LogP contribution in [0.25, 0.3) is 0 Å². The molecule has 23 heavy (non-hydrogen) atoms. The van der Waals surface area contributed by atoms with Gasteiger partial charge in [0.2, 0.25) is 0 Å². The van der Waals surface area contributed by atoms with Crippen molar-refractivity contribution in [1.82, 2.24) is 4.98 Å². The standard InChI is InChI=1S/C13H14F5NO3S/c1-4-22-12(20)7-6(3)9(23(21)5-2)8(11(14)15)19-10(7)13(16,17)18/h11H,4-5H2,1-3H3. The van der Waals surface area contributed by atoms with Crippen LogP contribution in [0.1, 0.15) is 47.6 Å². The number of aromatic nitrogens is 1. The number of esters is 1. The minimum atomic E-state index is -5.14. The number of carbonyl (C=O) groups is 1. The van der Waals surface area contributed by atoms with Crippen LogP contribution in [0.5, 0.6) is 0 Å². The first-order valence-corrected chi connectivity index (χ1v) is 7.83. The van der Waals surface area contributed by atoms with E-state index in [0.29, 0.717) is 0 Å². The van der Waals surface area contributed by atoms with E-state index < -0.39 is 56.8 Å². The van der Waals surface area contributed by atoms with E-state index in [0.717, 1.165) is 6.92 Å². The number of hydrogen-bond acceptors (Lipinski definition) is 4. The zero-order valence-corrected chi connectivity index (χ0v) is 13.3. The van der Waals surface area contributed by atoms with Crippen molar-refractivity contribution in [1.29, 1.82) is 0 Å². The second-order valence-corrected chi connectivity index (χ2v) is 6.00. The maximum Gasteiger partial charge on any atom is 0.434 e. The van der Waals surface area contributed by atoms with Crippen LogP contribution in [0.15, 0.2) is 4.90 Å². The molecule has 0 radical (unpaired) electrons. The SMILES string of the molecule is CCOC(=O)c1c(C(F)(F)F)nc(C(F)F)c(S(=O)CC)c1C. The minimum Gasteiger partial charge on any atom is -0.462 e. The van der Waals surface area contributed by atoms with Crippen LogP contribution in [-0.2, 0) is 21.7 Å². The fourth-order valence-electron chi connectivity index (χ4n) is 1.95. The molecule has 0 fully saturated rings. The quantitative estimate of drug-likeness (QED) is 0.595. The third-order valence-electron chi connectivity index (χ3n) is 2.86. The first-order valence-electron chi connectivity index (χ1n) is 6.51. The van der Waals surface area contributed by atoms with Crippen LogP contribution < -0.4 is 0 Å². The third kappa shape index (κ3) is 4.04.